The molecule has 3 aromatic rings. The summed E-state index contributed by atoms with van der Waals surface area (Å²) in [5.74, 6) is 0.193. The van der Waals surface area contributed by atoms with Crippen LogP contribution in [0.5, 0.6) is 11.5 Å². The van der Waals surface area contributed by atoms with Crippen molar-refractivity contribution in [2.24, 2.45) is 0 Å². The van der Waals surface area contributed by atoms with Crippen molar-refractivity contribution in [2.45, 2.75) is 25.3 Å². The molecule has 1 fully saturated rings. The molecule has 0 spiro atoms. The van der Waals surface area contributed by atoms with Crippen LogP contribution in [0.2, 0.25) is 0 Å². The summed E-state index contributed by atoms with van der Waals surface area (Å²) < 4.78 is 5.83. The monoisotopic (exact) mass is 351 g/mol. The fraction of sp³-hybridized carbons (Fsp3) is 0.286. The minimum atomic E-state index is -0.317. The molecule has 5 nitrogen and oxygen atoms in total. The molecule has 1 saturated heterocycles. The average molecular weight is 351 g/mol. The normalized spacial score (nSPS) is 18.3. The van der Waals surface area contributed by atoms with E-state index in [1.54, 1.807) is 0 Å². The molecular weight excluding hydrogens is 330 g/mol. The number of rotatable bonds is 2. The zero-order valence-electron chi connectivity index (χ0n) is 14.6. The summed E-state index contributed by atoms with van der Waals surface area (Å²) in [6, 6.07) is 12.0. The summed E-state index contributed by atoms with van der Waals surface area (Å²) in [7, 11) is 1.97. The lowest BCUT2D eigenvalue weighted by Gasteiger charge is -2.33. The summed E-state index contributed by atoms with van der Waals surface area (Å²) in [5.41, 5.74) is 1.05. The molecule has 2 heterocycles. The number of nitrogens with zero attached hydrogens (tertiary/aromatic N) is 1. The van der Waals surface area contributed by atoms with Crippen LogP contribution >= 0.6 is 0 Å². The smallest absolute Gasteiger partial charge is 0.197 e. The molecule has 134 valence electrons. The molecule has 26 heavy (non-hydrogen) atoms. The summed E-state index contributed by atoms with van der Waals surface area (Å²) in [6.45, 7) is 0.892. The highest BCUT2D eigenvalue weighted by molar-refractivity contribution is 5.88. The molecule has 0 bridgehead atoms. The van der Waals surface area contributed by atoms with E-state index in [9.17, 15) is 15.0 Å². The van der Waals surface area contributed by atoms with Crippen LogP contribution in [-0.2, 0) is 0 Å². The van der Waals surface area contributed by atoms with Crippen LogP contribution < -0.4 is 5.43 Å². The molecule has 0 aliphatic carbocycles. The molecule has 1 aromatic heterocycles. The van der Waals surface area contributed by atoms with Crippen molar-refractivity contribution >= 4 is 11.0 Å². The van der Waals surface area contributed by atoms with Crippen LogP contribution in [0.15, 0.2) is 51.7 Å². The van der Waals surface area contributed by atoms with Gasteiger partial charge in [0.1, 0.15) is 28.2 Å². The molecular formula is C21H21NO4. The predicted molar refractivity (Wildman–Crippen MR) is 100 cm³/mol. The maximum Gasteiger partial charge on any atom is 0.197 e. The first-order chi connectivity index (χ1) is 12.6. The SMILES string of the molecule is CN1CCCCC1c1c(O)cc2oc(-c3ccccc3)cc(=O)c2c1O. The third kappa shape index (κ3) is 2.74. The molecule has 2 aromatic carbocycles. The Kier molecular flexibility index (Phi) is 4.17. The number of fused-ring (bicyclic) bond motifs is 1. The number of phenolic OH excluding ortho intramolecular Hbond substituents is 2. The standard InChI is InChI=1S/C21H21NO4/c1-22-10-6-5-9-14(22)19-15(23)12-18-20(21(19)25)16(24)11-17(26-18)13-7-3-2-4-8-13/h2-4,7-8,11-12,14,23,25H,5-6,9-10H2,1H3. The Hall–Kier alpha value is -2.79. The molecule has 0 amide bonds. The molecule has 4 rings (SSSR count). The van der Waals surface area contributed by atoms with Crippen molar-refractivity contribution < 1.29 is 14.6 Å². The number of likely N-dealkylation sites (tertiary alicyclic amines) is 1. The van der Waals surface area contributed by atoms with Crippen LogP contribution in [-0.4, -0.2) is 28.7 Å². The largest absolute Gasteiger partial charge is 0.507 e. The maximum absolute atomic E-state index is 12.7. The van der Waals surface area contributed by atoms with Crippen molar-refractivity contribution in [2.75, 3.05) is 13.6 Å². The molecule has 0 radical (unpaired) electrons. The second kappa shape index (κ2) is 6.50. The Morgan fingerprint density at radius 1 is 1.12 bits per heavy atom. The Balaban J connectivity index is 1.91. The summed E-state index contributed by atoms with van der Waals surface area (Å²) in [5, 5.41) is 21.5. The highest BCUT2D eigenvalue weighted by Crippen LogP contribution is 2.43. The van der Waals surface area contributed by atoms with Gasteiger partial charge in [-0.1, -0.05) is 36.8 Å². The van der Waals surface area contributed by atoms with Gasteiger partial charge in [-0.15, -0.1) is 0 Å². The molecule has 2 N–H and O–H groups in total. The van der Waals surface area contributed by atoms with Crippen molar-refractivity contribution in [3.05, 3.63) is 58.3 Å². The lowest BCUT2D eigenvalue weighted by atomic mass is 9.93. The Morgan fingerprint density at radius 3 is 2.62 bits per heavy atom. The van der Waals surface area contributed by atoms with E-state index in [4.69, 9.17) is 4.42 Å². The van der Waals surface area contributed by atoms with Crippen molar-refractivity contribution in [3.8, 4) is 22.8 Å². The number of hydrogen-bond donors (Lipinski definition) is 2. The third-order valence-electron chi connectivity index (χ3n) is 5.17. The van der Waals surface area contributed by atoms with Gasteiger partial charge in [-0.05, 0) is 26.4 Å². The van der Waals surface area contributed by atoms with E-state index >= 15 is 0 Å². The lowest BCUT2D eigenvalue weighted by molar-refractivity contribution is 0.181. The zero-order chi connectivity index (χ0) is 18.3. The quantitative estimate of drug-likeness (QED) is 0.729. The van der Waals surface area contributed by atoms with Crippen LogP contribution in [0.4, 0.5) is 0 Å². The van der Waals surface area contributed by atoms with E-state index in [1.807, 2.05) is 37.4 Å². The number of hydrogen-bond acceptors (Lipinski definition) is 5. The molecule has 5 heteroatoms. The first-order valence-corrected chi connectivity index (χ1v) is 8.84. The Labute approximate surface area is 151 Å². The zero-order valence-corrected chi connectivity index (χ0v) is 14.6. The Bertz CT molecular complexity index is 1010. The van der Waals surface area contributed by atoms with E-state index in [-0.39, 0.29) is 33.9 Å². The van der Waals surface area contributed by atoms with E-state index in [0.717, 1.165) is 31.4 Å². The summed E-state index contributed by atoms with van der Waals surface area (Å²) >= 11 is 0. The van der Waals surface area contributed by atoms with Crippen molar-refractivity contribution in [1.29, 1.82) is 0 Å². The van der Waals surface area contributed by atoms with Gasteiger partial charge in [0, 0.05) is 23.7 Å². The van der Waals surface area contributed by atoms with Gasteiger partial charge in [0.25, 0.3) is 0 Å². The lowest BCUT2D eigenvalue weighted by Crippen LogP contribution is -2.29. The van der Waals surface area contributed by atoms with E-state index in [2.05, 4.69) is 4.90 Å². The van der Waals surface area contributed by atoms with Crippen LogP contribution in [0, 0.1) is 0 Å². The van der Waals surface area contributed by atoms with Crippen molar-refractivity contribution in [3.63, 3.8) is 0 Å². The predicted octanol–water partition coefficient (Wildman–Crippen LogP) is 4.03. The molecule has 0 saturated carbocycles. The highest BCUT2D eigenvalue weighted by Gasteiger charge is 2.28. The van der Waals surface area contributed by atoms with E-state index in [1.165, 1.54) is 12.1 Å². The molecule has 1 atom stereocenters. The topological polar surface area (TPSA) is 73.9 Å². The third-order valence-corrected chi connectivity index (χ3v) is 5.17. The van der Waals surface area contributed by atoms with Gasteiger partial charge >= 0.3 is 0 Å². The van der Waals surface area contributed by atoms with E-state index in [0.29, 0.717) is 11.3 Å². The Morgan fingerprint density at radius 2 is 1.88 bits per heavy atom. The first kappa shape index (κ1) is 16.7. The van der Waals surface area contributed by atoms with Gasteiger partial charge in [0.05, 0.1) is 5.56 Å². The van der Waals surface area contributed by atoms with Gasteiger partial charge in [0.15, 0.2) is 5.43 Å². The van der Waals surface area contributed by atoms with Crippen LogP contribution in [0.25, 0.3) is 22.3 Å². The van der Waals surface area contributed by atoms with Crippen LogP contribution in [0.1, 0.15) is 30.9 Å². The van der Waals surface area contributed by atoms with Gasteiger partial charge in [-0.3, -0.25) is 9.69 Å². The fourth-order valence-electron chi connectivity index (χ4n) is 3.82. The molecule has 1 aliphatic heterocycles. The average Bonchev–Trinajstić information content (AvgIpc) is 2.63. The van der Waals surface area contributed by atoms with Gasteiger partial charge < -0.3 is 14.6 Å². The second-order valence-corrected chi connectivity index (χ2v) is 6.86. The second-order valence-electron chi connectivity index (χ2n) is 6.86. The van der Waals surface area contributed by atoms with Crippen molar-refractivity contribution in [1.82, 2.24) is 4.90 Å². The van der Waals surface area contributed by atoms with Gasteiger partial charge in [0.2, 0.25) is 0 Å². The first-order valence-electron chi connectivity index (χ1n) is 8.84. The van der Waals surface area contributed by atoms with Gasteiger partial charge in [-0.25, -0.2) is 0 Å². The minimum absolute atomic E-state index is 0.0397. The molecule has 1 unspecified atom stereocenters. The van der Waals surface area contributed by atoms with Gasteiger partial charge in [-0.2, -0.15) is 0 Å². The number of phenols is 2. The van der Waals surface area contributed by atoms with E-state index < -0.39 is 0 Å². The molecule has 1 aliphatic rings. The highest BCUT2D eigenvalue weighted by atomic mass is 16.3. The number of piperidine rings is 1. The number of benzene rings is 2. The maximum atomic E-state index is 12.7. The minimum Gasteiger partial charge on any atom is -0.507 e. The fourth-order valence-corrected chi connectivity index (χ4v) is 3.82. The summed E-state index contributed by atoms with van der Waals surface area (Å²) in [6.07, 6.45) is 2.94. The summed E-state index contributed by atoms with van der Waals surface area (Å²) in [4.78, 5) is 14.8. The number of aromatic hydroxyl groups is 2. The van der Waals surface area contributed by atoms with Crippen LogP contribution in [0.3, 0.4) is 0 Å².